The molecule has 2 rings (SSSR count). The molecular weight excluding hydrogens is 265 g/mol. The van der Waals surface area contributed by atoms with Gasteiger partial charge in [-0.1, -0.05) is 18.2 Å². The van der Waals surface area contributed by atoms with E-state index in [-0.39, 0.29) is 0 Å². The quantitative estimate of drug-likeness (QED) is 0.831. The lowest BCUT2D eigenvalue weighted by Crippen LogP contribution is -2.29. The average molecular weight is 281 g/mol. The fourth-order valence-electron chi connectivity index (χ4n) is 2.08. The van der Waals surface area contributed by atoms with Crippen molar-refractivity contribution < 1.29 is 14.8 Å². The summed E-state index contributed by atoms with van der Waals surface area (Å²) in [6.45, 7) is 4.20. The smallest absolute Gasteiger partial charge is 0.488 e. The van der Waals surface area contributed by atoms with Gasteiger partial charge in [0.15, 0.2) is 0 Å². The molecule has 0 aromatic heterocycles. The van der Waals surface area contributed by atoms with Crippen LogP contribution in [-0.4, -0.2) is 17.2 Å². The van der Waals surface area contributed by atoms with Crippen LogP contribution in [0.3, 0.4) is 0 Å². The van der Waals surface area contributed by atoms with Gasteiger partial charge in [-0.3, -0.25) is 0 Å². The van der Waals surface area contributed by atoms with Gasteiger partial charge in [-0.05, 0) is 54.2 Å². The summed E-state index contributed by atoms with van der Waals surface area (Å²) in [6, 6.07) is 12.6. The second-order valence-corrected chi connectivity index (χ2v) is 4.94. The fraction of sp³-hybridized carbons (Fsp3) is 0.188. The SMILES string of the molecule is Cc1cc(C#N)ccc1COc1ccc(B(O)O)cc1C. The minimum Gasteiger partial charge on any atom is -0.489 e. The molecular formula is C16H16BNO3. The second-order valence-electron chi connectivity index (χ2n) is 4.94. The molecule has 0 aliphatic carbocycles. The fourth-order valence-corrected chi connectivity index (χ4v) is 2.08. The Morgan fingerprint density at radius 1 is 1.10 bits per heavy atom. The Morgan fingerprint density at radius 2 is 1.86 bits per heavy atom. The van der Waals surface area contributed by atoms with Crippen LogP contribution in [0.5, 0.6) is 5.75 Å². The van der Waals surface area contributed by atoms with Crippen LogP contribution < -0.4 is 10.2 Å². The zero-order chi connectivity index (χ0) is 15.4. The van der Waals surface area contributed by atoms with Crippen molar-refractivity contribution in [2.24, 2.45) is 0 Å². The van der Waals surface area contributed by atoms with Gasteiger partial charge in [0.1, 0.15) is 12.4 Å². The molecule has 0 radical (unpaired) electrons. The van der Waals surface area contributed by atoms with Crippen LogP contribution in [0, 0.1) is 25.2 Å². The van der Waals surface area contributed by atoms with Gasteiger partial charge < -0.3 is 14.8 Å². The van der Waals surface area contributed by atoms with Crippen molar-refractivity contribution in [2.75, 3.05) is 0 Å². The molecule has 0 atom stereocenters. The van der Waals surface area contributed by atoms with Gasteiger partial charge in [-0.15, -0.1) is 0 Å². The normalized spacial score (nSPS) is 10.0. The third-order valence-corrected chi connectivity index (χ3v) is 3.35. The summed E-state index contributed by atoms with van der Waals surface area (Å²) in [5, 5.41) is 27.1. The van der Waals surface area contributed by atoms with E-state index in [4.69, 9.17) is 20.0 Å². The lowest BCUT2D eigenvalue weighted by molar-refractivity contribution is 0.303. The first-order valence-electron chi connectivity index (χ1n) is 6.60. The first-order chi connectivity index (χ1) is 10.0. The molecule has 0 unspecified atom stereocenters. The number of hydrogen-bond donors (Lipinski definition) is 2. The highest BCUT2D eigenvalue weighted by molar-refractivity contribution is 6.58. The molecule has 21 heavy (non-hydrogen) atoms. The lowest BCUT2D eigenvalue weighted by Gasteiger charge is -2.12. The number of nitriles is 1. The zero-order valence-corrected chi connectivity index (χ0v) is 12.0. The van der Waals surface area contributed by atoms with Gasteiger partial charge in [0.25, 0.3) is 0 Å². The molecule has 5 heteroatoms. The summed E-state index contributed by atoms with van der Waals surface area (Å²) in [4.78, 5) is 0. The first-order valence-corrected chi connectivity index (χ1v) is 6.60. The Morgan fingerprint density at radius 3 is 2.43 bits per heavy atom. The van der Waals surface area contributed by atoms with Crippen molar-refractivity contribution in [1.29, 1.82) is 5.26 Å². The van der Waals surface area contributed by atoms with Crippen LogP contribution in [0.4, 0.5) is 0 Å². The molecule has 2 N–H and O–H groups in total. The van der Waals surface area contributed by atoms with Crippen LogP contribution in [0.2, 0.25) is 0 Å². The van der Waals surface area contributed by atoms with E-state index in [1.54, 1.807) is 24.3 Å². The van der Waals surface area contributed by atoms with Gasteiger partial charge in [0, 0.05) is 0 Å². The summed E-state index contributed by atoms with van der Waals surface area (Å²) >= 11 is 0. The molecule has 4 nitrogen and oxygen atoms in total. The summed E-state index contributed by atoms with van der Waals surface area (Å²) in [5.74, 6) is 0.697. The molecule has 0 bridgehead atoms. The standard InChI is InChI=1S/C16H16BNO3/c1-11-7-13(9-18)3-4-14(11)10-21-16-6-5-15(17(19)20)8-12(16)2/h3-8,19-20H,10H2,1-2H3. The van der Waals surface area contributed by atoms with E-state index in [1.165, 1.54) is 0 Å². The van der Waals surface area contributed by atoms with Crippen LogP contribution in [0.25, 0.3) is 0 Å². The predicted molar refractivity (Wildman–Crippen MR) is 81.2 cm³/mol. The number of rotatable bonds is 4. The molecule has 0 saturated carbocycles. The Bertz CT molecular complexity index is 692. The zero-order valence-electron chi connectivity index (χ0n) is 12.0. The maximum absolute atomic E-state index is 9.12. The average Bonchev–Trinajstić information content (AvgIpc) is 2.46. The molecule has 0 heterocycles. The predicted octanol–water partition coefficient (Wildman–Crippen LogP) is 1.43. The lowest BCUT2D eigenvalue weighted by atomic mass is 9.79. The monoisotopic (exact) mass is 281 g/mol. The Labute approximate surface area is 124 Å². The van der Waals surface area contributed by atoms with E-state index < -0.39 is 7.12 Å². The Balaban J connectivity index is 2.12. The van der Waals surface area contributed by atoms with Gasteiger partial charge in [-0.2, -0.15) is 5.26 Å². The highest BCUT2D eigenvalue weighted by atomic mass is 16.5. The first kappa shape index (κ1) is 15.1. The van der Waals surface area contributed by atoms with Crippen LogP contribution in [0.1, 0.15) is 22.3 Å². The Hall–Kier alpha value is -2.29. The van der Waals surface area contributed by atoms with Crippen molar-refractivity contribution >= 4 is 12.6 Å². The van der Waals surface area contributed by atoms with Crippen molar-refractivity contribution in [3.05, 3.63) is 58.7 Å². The van der Waals surface area contributed by atoms with Crippen LogP contribution in [-0.2, 0) is 6.61 Å². The summed E-state index contributed by atoms with van der Waals surface area (Å²) in [6.07, 6.45) is 0. The third-order valence-electron chi connectivity index (χ3n) is 3.35. The second kappa shape index (κ2) is 6.44. The van der Waals surface area contributed by atoms with Crippen molar-refractivity contribution in [3.8, 4) is 11.8 Å². The van der Waals surface area contributed by atoms with E-state index in [9.17, 15) is 0 Å². The van der Waals surface area contributed by atoms with E-state index in [0.717, 1.165) is 16.7 Å². The third kappa shape index (κ3) is 3.63. The maximum Gasteiger partial charge on any atom is 0.488 e. The molecule has 0 spiro atoms. The van der Waals surface area contributed by atoms with Gasteiger partial charge in [0.2, 0.25) is 0 Å². The highest BCUT2D eigenvalue weighted by Crippen LogP contribution is 2.19. The van der Waals surface area contributed by atoms with Gasteiger partial charge in [0.05, 0.1) is 11.6 Å². The summed E-state index contributed by atoms with van der Waals surface area (Å²) < 4.78 is 5.77. The van der Waals surface area contributed by atoms with E-state index in [1.807, 2.05) is 26.0 Å². The van der Waals surface area contributed by atoms with Crippen LogP contribution in [0.15, 0.2) is 36.4 Å². The van der Waals surface area contributed by atoms with Crippen molar-refractivity contribution in [2.45, 2.75) is 20.5 Å². The van der Waals surface area contributed by atoms with E-state index in [2.05, 4.69) is 6.07 Å². The molecule has 0 fully saturated rings. The number of ether oxygens (including phenoxy) is 1. The summed E-state index contributed by atoms with van der Waals surface area (Å²) in [7, 11) is -1.47. The van der Waals surface area contributed by atoms with Crippen molar-refractivity contribution in [3.63, 3.8) is 0 Å². The number of hydrogen-bond acceptors (Lipinski definition) is 4. The Kier molecular flexibility index (Phi) is 4.64. The summed E-state index contributed by atoms with van der Waals surface area (Å²) in [5.41, 5.74) is 3.93. The molecule has 0 aliphatic rings. The molecule has 2 aromatic carbocycles. The van der Waals surface area contributed by atoms with E-state index >= 15 is 0 Å². The minimum absolute atomic E-state index is 0.402. The maximum atomic E-state index is 9.12. The van der Waals surface area contributed by atoms with Gasteiger partial charge >= 0.3 is 7.12 Å². The number of nitrogens with zero attached hydrogens (tertiary/aromatic N) is 1. The highest BCUT2D eigenvalue weighted by Gasteiger charge is 2.12. The number of aryl methyl sites for hydroxylation is 2. The molecule has 106 valence electrons. The van der Waals surface area contributed by atoms with Gasteiger partial charge in [-0.25, -0.2) is 0 Å². The van der Waals surface area contributed by atoms with Crippen molar-refractivity contribution in [1.82, 2.24) is 0 Å². The van der Waals surface area contributed by atoms with E-state index in [0.29, 0.717) is 23.4 Å². The molecule has 0 saturated heterocycles. The topological polar surface area (TPSA) is 73.5 Å². The minimum atomic E-state index is -1.47. The molecule has 2 aromatic rings. The molecule has 0 amide bonds. The number of benzene rings is 2. The largest absolute Gasteiger partial charge is 0.489 e. The molecule has 0 aliphatic heterocycles. The van der Waals surface area contributed by atoms with Crippen LogP contribution >= 0.6 is 0 Å².